The highest BCUT2D eigenvalue weighted by Gasteiger charge is 2.43. The summed E-state index contributed by atoms with van der Waals surface area (Å²) in [5.41, 5.74) is 1.86. The molecule has 33 heavy (non-hydrogen) atoms. The topological polar surface area (TPSA) is 70.2 Å². The summed E-state index contributed by atoms with van der Waals surface area (Å²) >= 11 is 12.3. The Kier molecular flexibility index (Phi) is 7.34. The van der Waals surface area contributed by atoms with E-state index in [0.29, 0.717) is 40.9 Å². The van der Waals surface area contributed by atoms with E-state index < -0.39 is 12.0 Å². The summed E-state index contributed by atoms with van der Waals surface area (Å²) in [6.07, 6.45) is 0.154. The van der Waals surface area contributed by atoms with Crippen molar-refractivity contribution < 1.29 is 19.1 Å². The number of amides is 2. The molecule has 0 aliphatic carbocycles. The maximum atomic E-state index is 13.1. The van der Waals surface area contributed by atoms with Crippen molar-refractivity contribution in [3.63, 3.8) is 0 Å². The number of rotatable bonds is 6. The zero-order valence-electron chi connectivity index (χ0n) is 18.3. The minimum Gasteiger partial charge on any atom is -0.462 e. The van der Waals surface area contributed by atoms with Crippen molar-refractivity contribution in [2.24, 2.45) is 0 Å². The lowest BCUT2D eigenvalue weighted by molar-refractivity contribution is -0.123. The van der Waals surface area contributed by atoms with E-state index in [-0.39, 0.29) is 24.8 Å². The highest BCUT2D eigenvalue weighted by atomic mass is 35.5. The predicted molar refractivity (Wildman–Crippen MR) is 127 cm³/mol. The zero-order valence-corrected chi connectivity index (χ0v) is 19.8. The largest absolute Gasteiger partial charge is 0.462 e. The lowest BCUT2D eigenvalue weighted by Crippen LogP contribution is -2.52. The summed E-state index contributed by atoms with van der Waals surface area (Å²) in [7, 11) is 0. The normalized spacial score (nSPS) is 19.8. The smallest absolute Gasteiger partial charge is 0.338 e. The van der Waals surface area contributed by atoms with E-state index in [0.717, 1.165) is 18.7 Å². The first kappa shape index (κ1) is 23.7. The molecule has 0 unspecified atom stereocenters. The molecule has 0 bridgehead atoms. The number of hydrogen-bond donors (Lipinski definition) is 0. The van der Waals surface area contributed by atoms with E-state index in [2.05, 4.69) is 9.80 Å². The molecule has 2 saturated heterocycles. The van der Waals surface area contributed by atoms with Gasteiger partial charge in [-0.15, -0.1) is 0 Å². The number of hydrogen-bond acceptors (Lipinski definition) is 6. The summed E-state index contributed by atoms with van der Waals surface area (Å²) < 4.78 is 4.98. The van der Waals surface area contributed by atoms with Gasteiger partial charge in [-0.1, -0.05) is 29.3 Å². The molecule has 1 atom stereocenters. The van der Waals surface area contributed by atoms with E-state index in [4.69, 9.17) is 27.9 Å². The quantitative estimate of drug-likeness (QED) is 0.455. The second-order valence-electron chi connectivity index (χ2n) is 8.10. The molecule has 4 rings (SSSR count). The van der Waals surface area contributed by atoms with Gasteiger partial charge in [-0.3, -0.25) is 19.4 Å². The van der Waals surface area contributed by atoms with Crippen LogP contribution in [0, 0.1) is 0 Å². The Morgan fingerprint density at radius 3 is 2.36 bits per heavy atom. The van der Waals surface area contributed by atoms with Crippen LogP contribution in [0.2, 0.25) is 10.0 Å². The number of imide groups is 1. The molecule has 2 aliphatic heterocycles. The first-order valence-electron chi connectivity index (χ1n) is 10.9. The Morgan fingerprint density at radius 1 is 1.03 bits per heavy atom. The van der Waals surface area contributed by atoms with Gasteiger partial charge < -0.3 is 4.74 Å². The van der Waals surface area contributed by atoms with Crippen molar-refractivity contribution in [3.05, 3.63) is 63.6 Å². The highest BCUT2D eigenvalue weighted by Crippen LogP contribution is 2.28. The second-order valence-corrected chi connectivity index (χ2v) is 8.95. The number of carbonyl (C=O) groups is 3. The summed E-state index contributed by atoms with van der Waals surface area (Å²) in [5.74, 6) is -0.888. The van der Waals surface area contributed by atoms with E-state index in [9.17, 15) is 14.4 Å². The predicted octanol–water partition coefficient (Wildman–Crippen LogP) is 3.62. The van der Waals surface area contributed by atoms with Crippen LogP contribution < -0.4 is 4.90 Å². The fourth-order valence-corrected chi connectivity index (χ4v) is 4.73. The van der Waals surface area contributed by atoms with E-state index >= 15 is 0 Å². The summed E-state index contributed by atoms with van der Waals surface area (Å²) in [6.45, 7) is 5.64. The fraction of sp³-hybridized carbons (Fsp3) is 0.375. The Morgan fingerprint density at radius 2 is 1.73 bits per heavy atom. The summed E-state index contributed by atoms with van der Waals surface area (Å²) in [5, 5.41) is 1.25. The second kappa shape index (κ2) is 10.2. The highest BCUT2D eigenvalue weighted by molar-refractivity contribution is 6.35. The van der Waals surface area contributed by atoms with Crippen molar-refractivity contribution in [1.29, 1.82) is 0 Å². The molecular formula is C24H25Cl2N3O4. The van der Waals surface area contributed by atoms with Gasteiger partial charge in [0.1, 0.15) is 0 Å². The van der Waals surface area contributed by atoms with Crippen LogP contribution in [-0.4, -0.2) is 66.4 Å². The third-order valence-corrected chi connectivity index (χ3v) is 6.60. The maximum absolute atomic E-state index is 13.1. The van der Waals surface area contributed by atoms with Gasteiger partial charge in [-0.2, -0.15) is 0 Å². The van der Waals surface area contributed by atoms with Crippen molar-refractivity contribution in [2.75, 3.05) is 37.7 Å². The standard InChI is InChI=1S/C24H25Cl2N3O4/c1-2-33-24(32)16-4-7-19(8-5-16)29-22(30)14-21(23(29)31)28-11-9-27(10-12-28)15-17-3-6-18(25)13-20(17)26/h3-8,13,21H,2,9-12,14-15H2,1H3/t21-/m0/s1. The fourth-order valence-electron chi connectivity index (χ4n) is 4.26. The molecule has 2 aromatic carbocycles. The van der Waals surface area contributed by atoms with Gasteiger partial charge in [-0.25, -0.2) is 9.69 Å². The number of esters is 1. The SMILES string of the molecule is CCOC(=O)c1ccc(N2C(=O)C[C@H](N3CCN(Cc4ccc(Cl)cc4Cl)CC3)C2=O)cc1. The Labute approximate surface area is 202 Å². The Hall–Kier alpha value is -2.45. The molecular weight excluding hydrogens is 465 g/mol. The molecule has 0 N–H and O–H groups in total. The van der Waals surface area contributed by atoms with Crippen LogP contribution in [0.5, 0.6) is 0 Å². The van der Waals surface area contributed by atoms with Crippen molar-refractivity contribution >= 4 is 46.7 Å². The van der Waals surface area contributed by atoms with Crippen LogP contribution >= 0.6 is 23.2 Å². The molecule has 7 nitrogen and oxygen atoms in total. The van der Waals surface area contributed by atoms with Gasteiger partial charge in [-0.05, 0) is 48.9 Å². The van der Waals surface area contributed by atoms with Crippen LogP contribution in [0.15, 0.2) is 42.5 Å². The van der Waals surface area contributed by atoms with Crippen LogP contribution in [0.4, 0.5) is 5.69 Å². The molecule has 0 radical (unpaired) electrons. The van der Waals surface area contributed by atoms with E-state index in [1.165, 1.54) is 4.90 Å². The van der Waals surface area contributed by atoms with E-state index in [1.54, 1.807) is 37.3 Å². The molecule has 2 amide bonds. The average molecular weight is 490 g/mol. The molecule has 2 fully saturated rings. The molecule has 0 aromatic heterocycles. The first-order chi connectivity index (χ1) is 15.9. The monoisotopic (exact) mass is 489 g/mol. The van der Waals surface area contributed by atoms with Gasteiger partial charge in [0.15, 0.2) is 0 Å². The van der Waals surface area contributed by atoms with Gasteiger partial charge >= 0.3 is 5.97 Å². The lowest BCUT2D eigenvalue weighted by Gasteiger charge is -2.37. The molecule has 2 aliphatic rings. The molecule has 0 saturated carbocycles. The van der Waals surface area contributed by atoms with Crippen LogP contribution in [0.3, 0.4) is 0 Å². The van der Waals surface area contributed by atoms with Gasteiger partial charge in [0.05, 0.1) is 30.3 Å². The molecule has 2 heterocycles. The molecule has 9 heteroatoms. The maximum Gasteiger partial charge on any atom is 0.338 e. The van der Waals surface area contributed by atoms with E-state index in [1.807, 2.05) is 12.1 Å². The van der Waals surface area contributed by atoms with Crippen molar-refractivity contribution in [3.8, 4) is 0 Å². The minimum atomic E-state index is -0.469. The number of benzene rings is 2. The van der Waals surface area contributed by atoms with Crippen molar-refractivity contribution in [1.82, 2.24) is 9.80 Å². The first-order valence-corrected chi connectivity index (χ1v) is 11.7. The number of carbonyl (C=O) groups excluding carboxylic acids is 3. The average Bonchev–Trinajstić information content (AvgIpc) is 3.10. The Bertz CT molecular complexity index is 1050. The third kappa shape index (κ3) is 5.22. The number of piperazine rings is 1. The Balaban J connectivity index is 1.36. The van der Waals surface area contributed by atoms with Crippen LogP contribution in [0.25, 0.3) is 0 Å². The van der Waals surface area contributed by atoms with Crippen LogP contribution in [0.1, 0.15) is 29.3 Å². The van der Waals surface area contributed by atoms with Gasteiger partial charge in [0, 0.05) is 42.8 Å². The zero-order chi connectivity index (χ0) is 23.5. The number of ether oxygens (including phenoxy) is 1. The van der Waals surface area contributed by atoms with Gasteiger partial charge in [0.25, 0.3) is 5.91 Å². The number of anilines is 1. The molecule has 2 aromatic rings. The number of nitrogens with zero attached hydrogens (tertiary/aromatic N) is 3. The van der Waals surface area contributed by atoms with Gasteiger partial charge in [0.2, 0.25) is 5.91 Å². The molecule has 0 spiro atoms. The number of halogens is 2. The van der Waals surface area contributed by atoms with Crippen molar-refractivity contribution in [2.45, 2.75) is 25.9 Å². The van der Waals surface area contributed by atoms with Crippen LogP contribution in [-0.2, 0) is 20.9 Å². The summed E-state index contributed by atoms with van der Waals surface area (Å²) in [6, 6.07) is 11.4. The molecule has 174 valence electrons. The minimum absolute atomic E-state index is 0.154. The summed E-state index contributed by atoms with van der Waals surface area (Å²) in [4.78, 5) is 43.2. The lowest BCUT2D eigenvalue weighted by atomic mass is 10.1. The third-order valence-electron chi connectivity index (χ3n) is 6.02.